The van der Waals surface area contributed by atoms with E-state index in [9.17, 15) is 9.59 Å². The zero-order valence-electron chi connectivity index (χ0n) is 22.2. The number of benzene rings is 2. The second kappa shape index (κ2) is 10.7. The van der Waals surface area contributed by atoms with Gasteiger partial charge in [0.2, 0.25) is 0 Å². The van der Waals surface area contributed by atoms with E-state index in [0.29, 0.717) is 13.0 Å². The number of para-hydroxylation sites is 1. The van der Waals surface area contributed by atoms with Gasteiger partial charge in [-0.15, -0.1) is 0 Å². The predicted octanol–water partition coefficient (Wildman–Crippen LogP) is 7.33. The van der Waals surface area contributed by atoms with Gasteiger partial charge in [0.25, 0.3) is 0 Å². The van der Waals surface area contributed by atoms with Gasteiger partial charge in [-0.05, 0) is 87.8 Å². The summed E-state index contributed by atoms with van der Waals surface area (Å²) in [5.41, 5.74) is 6.40. The summed E-state index contributed by atoms with van der Waals surface area (Å²) in [7, 11) is 0. The van der Waals surface area contributed by atoms with Crippen LogP contribution in [0.25, 0.3) is 17.0 Å². The molecule has 1 atom stereocenters. The topological polar surface area (TPSA) is 62.4 Å². The molecular formula is C31H38N2O3. The van der Waals surface area contributed by atoms with Gasteiger partial charge in [0.05, 0.1) is 6.04 Å². The molecule has 0 saturated heterocycles. The lowest BCUT2D eigenvalue weighted by Gasteiger charge is -2.37. The van der Waals surface area contributed by atoms with Crippen LogP contribution in [0.1, 0.15) is 80.9 Å². The lowest BCUT2D eigenvalue weighted by molar-refractivity contribution is -0.114. The first kappa shape index (κ1) is 25.7. The Hall–Kier alpha value is -3.34. The van der Waals surface area contributed by atoms with Crippen molar-refractivity contribution < 1.29 is 14.3 Å². The van der Waals surface area contributed by atoms with Gasteiger partial charge in [-0.3, -0.25) is 4.79 Å². The highest BCUT2D eigenvalue weighted by atomic mass is 16.6. The van der Waals surface area contributed by atoms with E-state index in [0.717, 1.165) is 42.5 Å². The quantitative estimate of drug-likeness (QED) is 0.356. The first-order valence-electron chi connectivity index (χ1n) is 13.1. The zero-order valence-corrected chi connectivity index (χ0v) is 22.2. The molecule has 1 aliphatic carbocycles. The van der Waals surface area contributed by atoms with Crippen LogP contribution in [0, 0.1) is 6.92 Å². The molecule has 1 aromatic heterocycles. The van der Waals surface area contributed by atoms with E-state index in [1.807, 2.05) is 50.8 Å². The fraction of sp³-hybridized carbons (Fsp3) is 0.419. The van der Waals surface area contributed by atoms with Crippen LogP contribution in [0.15, 0.2) is 48.5 Å². The van der Waals surface area contributed by atoms with Crippen molar-refractivity contribution in [2.75, 3.05) is 6.54 Å². The first-order valence-corrected chi connectivity index (χ1v) is 13.1. The Labute approximate surface area is 214 Å². The van der Waals surface area contributed by atoms with Crippen LogP contribution in [0.5, 0.6) is 0 Å². The number of ether oxygens (including phenoxy) is 1. The van der Waals surface area contributed by atoms with Gasteiger partial charge >= 0.3 is 6.09 Å². The Morgan fingerprint density at radius 2 is 1.94 bits per heavy atom. The second-order valence-electron chi connectivity index (χ2n) is 10.7. The van der Waals surface area contributed by atoms with Gasteiger partial charge in [0, 0.05) is 29.6 Å². The van der Waals surface area contributed by atoms with Gasteiger partial charge < -0.3 is 14.6 Å². The molecule has 5 heteroatoms. The lowest BCUT2D eigenvalue weighted by Crippen LogP contribution is -2.41. The molecule has 1 amide bonds. The molecule has 5 nitrogen and oxygen atoms in total. The maximum atomic E-state index is 13.5. The summed E-state index contributed by atoms with van der Waals surface area (Å²) in [6.45, 7) is 10.3. The number of nitrogens with zero attached hydrogens (tertiary/aromatic N) is 1. The van der Waals surface area contributed by atoms with Crippen molar-refractivity contribution in [3.05, 3.63) is 76.5 Å². The number of fused-ring (bicyclic) bond motifs is 2. The van der Waals surface area contributed by atoms with Crippen LogP contribution in [0.4, 0.5) is 4.79 Å². The van der Waals surface area contributed by atoms with Crippen molar-refractivity contribution in [3.8, 4) is 0 Å². The molecule has 1 heterocycles. The van der Waals surface area contributed by atoms with Gasteiger partial charge in [0.15, 0.2) is 5.78 Å². The minimum atomic E-state index is -0.565. The molecular weight excluding hydrogens is 448 g/mol. The van der Waals surface area contributed by atoms with Crippen LogP contribution in [0.2, 0.25) is 0 Å². The molecule has 36 heavy (non-hydrogen) atoms. The number of carbonyl (C=O) groups excluding carboxylic acids is 2. The number of allylic oxidation sites excluding steroid dienone is 1. The molecule has 0 saturated carbocycles. The molecule has 0 spiro atoms. The highest BCUT2D eigenvalue weighted by molar-refractivity contribution is 5.93. The maximum Gasteiger partial charge on any atom is 0.410 e. The number of rotatable bonds is 7. The average Bonchev–Trinajstić information content (AvgIpc) is 3.16. The molecule has 3 aromatic rings. The standard InChI is InChI=1S/C31H38N2O3/c1-6-24(34)16-14-22-15-17-26-23(20-22)10-9-13-29(26)33(30(35)36-31(3,4)5)19-18-25-21(2)32-28-12-8-7-11-27(25)28/h7-8,11-12,14-17,20,29,32H,6,9-10,13,18-19H2,1-5H3/b16-14+. The van der Waals surface area contributed by atoms with Crippen molar-refractivity contribution >= 4 is 28.9 Å². The SMILES string of the molecule is CCC(=O)/C=C/c1ccc2c(c1)CCCC2N(CCc1c(C)[nH]c2ccccc12)C(=O)OC(C)(C)C. The van der Waals surface area contributed by atoms with E-state index >= 15 is 0 Å². The van der Waals surface area contributed by atoms with Crippen molar-refractivity contribution in [2.45, 2.75) is 78.4 Å². The summed E-state index contributed by atoms with van der Waals surface area (Å²) in [6, 6.07) is 14.6. The number of aromatic amines is 1. The van der Waals surface area contributed by atoms with Crippen LogP contribution in [0.3, 0.4) is 0 Å². The number of aryl methyl sites for hydroxylation is 2. The highest BCUT2D eigenvalue weighted by Gasteiger charge is 2.32. The third-order valence-corrected chi connectivity index (χ3v) is 6.89. The third kappa shape index (κ3) is 5.89. The Kier molecular flexibility index (Phi) is 7.67. The number of hydrogen-bond donors (Lipinski definition) is 1. The van der Waals surface area contributed by atoms with E-state index in [1.165, 1.54) is 22.1 Å². The van der Waals surface area contributed by atoms with E-state index in [2.05, 4.69) is 42.2 Å². The van der Waals surface area contributed by atoms with Crippen LogP contribution < -0.4 is 0 Å². The minimum absolute atomic E-state index is 0.0376. The van der Waals surface area contributed by atoms with Crippen molar-refractivity contribution in [1.29, 1.82) is 0 Å². The Bertz CT molecular complexity index is 1280. The molecule has 190 valence electrons. The number of ketones is 1. The molecule has 1 N–H and O–H groups in total. The molecule has 0 fully saturated rings. The lowest BCUT2D eigenvalue weighted by atomic mass is 9.85. The second-order valence-corrected chi connectivity index (χ2v) is 10.7. The van der Waals surface area contributed by atoms with E-state index in [1.54, 1.807) is 6.08 Å². The summed E-state index contributed by atoms with van der Waals surface area (Å²) in [5.74, 6) is 0.120. The number of hydrogen-bond acceptors (Lipinski definition) is 3. The monoisotopic (exact) mass is 486 g/mol. The Balaban J connectivity index is 1.64. The van der Waals surface area contributed by atoms with E-state index in [-0.39, 0.29) is 17.9 Å². The Morgan fingerprint density at radius 3 is 2.69 bits per heavy atom. The summed E-state index contributed by atoms with van der Waals surface area (Å²) in [4.78, 5) is 30.6. The number of carbonyl (C=O) groups is 2. The average molecular weight is 487 g/mol. The smallest absolute Gasteiger partial charge is 0.410 e. The number of nitrogens with one attached hydrogen (secondary N) is 1. The summed E-state index contributed by atoms with van der Waals surface area (Å²) in [5, 5.41) is 1.21. The summed E-state index contributed by atoms with van der Waals surface area (Å²) in [6.07, 6.45) is 7.41. The van der Waals surface area contributed by atoms with Crippen LogP contribution in [-0.2, 0) is 22.4 Å². The van der Waals surface area contributed by atoms with Crippen molar-refractivity contribution in [1.82, 2.24) is 9.88 Å². The zero-order chi connectivity index (χ0) is 25.9. The van der Waals surface area contributed by atoms with Gasteiger partial charge in [-0.1, -0.05) is 49.4 Å². The number of amides is 1. The fourth-order valence-corrected chi connectivity index (χ4v) is 5.13. The van der Waals surface area contributed by atoms with Gasteiger partial charge in [-0.25, -0.2) is 4.79 Å². The Morgan fingerprint density at radius 1 is 1.17 bits per heavy atom. The first-order chi connectivity index (χ1) is 17.2. The van der Waals surface area contributed by atoms with E-state index in [4.69, 9.17) is 4.74 Å². The predicted molar refractivity (Wildman–Crippen MR) is 146 cm³/mol. The largest absolute Gasteiger partial charge is 0.444 e. The van der Waals surface area contributed by atoms with Gasteiger partial charge in [-0.2, -0.15) is 0 Å². The minimum Gasteiger partial charge on any atom is -0.444 e. The molecule has 0 aliphatic heterocycles. The van der Waals surface area contributed by atoms with Crippen molar-refractivity contribution in [3.63, 3.8) is 0 Å². The molecule has 1 aliphatic rings. The van der Waals surface area contributed by atoms with Crippen molar-refractivity contribution in [2.24, 2.45) is 0 Å². The van der Waals surface area contributed by atoms with Crippen LogP contribution >= 0.6 is 0 Å². The summed E-state index contributed by atoms with van der Waals surface area (Å²) < 4.78 is 5.89. The number of H-pyrrole nitrogens is 1. The molecule has 1 unspecified atom stereocenters. The summed E-state index contributed by atoms with van der Waals surface area (Å²) >= 11 is 0. The third-order valence-electron chi connectivity index (χ3n) is 6.89. The maximum absolute atomic E-state index is 13.5. The van der Waals surface area contributed by atoms with E-state index < -0.39 is 5.60 Å². The molecule has 2 aromatic carbocycles. The number of aromatic nitrogens is 1. The fourth-order valence-electron chi connectivity index (χ4n) is 5.13. The van der Waals surface area contributed by atoms with Crippen LogP contribution in [-0.4, -0.2) is 33.9 Å². The normalized spacial score (nSPS) is 15.8. The molecule has 0 radical (unpaired) electrons. The molecule has 4 rings (SSSR count). The highest BCUT2D eigenvalue weighted by Crippen LogP contribution is 2.36. The molecule has 0 bridgehead atoms. The van der Waals surface area contributed by atoms with Gasteiger partial charge in [0.1, 0.15) is 5.60 Å².